The van der Waals surface area contributed by atoms with E-state index in [1.807, 2.05) is 17.0 Å². The molecule has 1 N–H and O–H groups in total. The maximum Gasteiger partial charge on any atom is 0.222 e. The Morgan fingerprint density at radius 2 is 2.17 bits per heavy atom. The highest BCUT2D eigenvalue weighted by atomic mass is 35.5. The molecule has 5 nitrogen and oxygen atoms in total. The van der Waals surface area contributed by atoms with Gasteiger partial charge in [0, 0.05) is 37.1 Å². The van der Waals surface area contributed by atoms with Crippen molar-refractivity contribution in [1.82, 2.24) is 10.2 Å². The van der Waals surface area contributed by atoms with E-state index in [9.17, 15) is 4.79 Å². The molecule has 1 aliphatic heterocycles. The maximum atomic E-state index is 11.5. The highest BCUT2D eigenvalue weighted by molar-refractivity contribution is 6.31. The SMILES string of the molecule is CCCOc1cc(Cl)c(CNCCCN2CCCC2=O)cc1OC. The van der Waals surface area contributed by atoms with Crippen LogP contribution in [0, 0.1) is 0 Å². The minimum atomic E-state index is 0.283. The van der Waals surface area contributed by atoms with Crippen molar-refractivity contribution in [2.45, 2.75) is 39.2 Å². The van der Waals surface area contributed by atoms with E-state index in [-0.39, 0.29) is 5.91 Å². The van der Waals surface area contributed by atoms with E-state index in [0.717, 1.165) is 44.5 Å². The predicted octanol–water partition coefficient (Wildman–Crippen LogP) is 3.24. The van der Waals surface area contributed by atoms with E-state index in [1.54, 1.807) is 7.11 Å². The van der Waals surface area contributed by atoms with Gasteiger partial charge in [-0.05, 0) is 37.4 Å². The first-order valence-corrected chi connectivity index (χ1v) is 9.01. The lowest BCUT2D eigenvalue weighted by Crippen LogP contribution is -2.28. The molecule has 0 atom stereocenters. The van der Waals surface area contributed by atoms with Crippen molar-refractivity contribution in [1.29, 1.82) is 0 Å². The Balaban J connectivity index is 1.80. The minimum Gasteiger partial charge on any atom is -0.493 e. The number of likely N-dealkylation sites (tertiary alicyclic amines) is 1. The molecule has 0 bridgehead atoms. The van der Waals surface area contributed by atoms with Gasteiger partial charge in [0.25, 0.3) is 0 Å². The molecule has 1 heterocycles. The van der Waals surface area contributed by atoms with Gasteiger partial charge < -0.3 is 19.7 Å². The first-order valence-electron chi connectivity index (χ1n) is 8.63. The number of rotatable bonds is 10. The lowest BCUT2D eigenvalue weighted by molar-refractivity contribution is -0.127. The number of halogens is 1. The van der Waals surface area contributed by atoms with Crippen LogP contribution in [0.1, 0.15) is 38.2 Å². The topological polar surface area (TPSA) is 50.8 Å². The van der Waals surface area contributed by atoms with Crippen LogP contribution >= 0.6 is 11.6 Å². The Labute approximate surface area is 149 Å². The number of benzene rings is 1. The fraction of sp³-hybridized carbons (Fsp3) is 0.611. The van der Waals surface area contributed by atoms with E-state index in [1.165, 1.54) is 0 Å². The van der Waals surface area contributed by atoms with Crippen LogP contribution in [0.25, 0.3) is 0 Å². The summed E-state index contributed by atoms with van der Waals surface area (Å²) in [6, 6.07) is 3.74. The van der Waals surface area contributed by atoms with Crippen molar-refractivity contribution in [2.24, 2.45) is 0 Å². The van der Waals surface area contributed by atoms with Crippen LogP contribution in [0.5, 0.6) is 11.5 Å². The average Bonchev–Trinajstić information content (AvgIpc) is 2.99. The summed E-state index contributed by atoms with van der Waals surface area (Å²) in [7, 11) is 1.63. The first kappa shape index (κ1) is 18.9. The van der Waals surface area contributed by atoms with Gasteiger partial charge in [0.2, 0.25) is 5.91 Å². The van der Waals surface area contributed by atoms with Crippen molar-refractivity contribution in [3.8, 4) is 11.5 Å². The third-order valence-corrected chi connectivity index (χ3v) is 4.41. The molecule has 1 saturated heterocycles. The van der Waals surface area contributed by atoms with Gasteiger partial charge in [0.15, 0.2) is 11.5 Å². The molecule has 1 aromatic rings. The van der Waals surface area contributed by atoms with Gasteiger partial charge >= 0.3 is 0 Å². The number of hydrogen-bond donors (Lipinski definition) is 1. The van der Waals surface area contributed by atoms with Crippen LogP contribution in [-0.4, -0.2) is 44.2 Å². The highest BCUT2D eigenvalue weighted by Crippen LogP contribution is 2.33. The molecule has 0 aliphatic carbocycles. The summed E-state index contributed by atoms with van der Waals surface area (Å²) in [6.45, 7) is 5.93. The van der Waals surface area contributed by atoms with E-state index in [0.29, 0.717) is 36.1 Å². The Morgan fingerprint density at radius 1 is 1.33 bits per heavy atom. The van der Waals surface area contributed by atoms with Crippen molar-refractivity contribution in [2.75, 3.05) is 33.4 Å². The van der Waals surface area contributed by atoms with Gasteiger partial charge in [-0.1, -0.05) is 18.5 Å². The van der Waals surface area contributed by atoms with E-state index >= 15 is 0 Å². The van der Waals surface area contributed by atoms with Gasteiger partial charge in [-0.3, -0.25) is 4.79 Å². The number of methoxy groups -OCH3 is 1. The standard InChI is InChI=1S/C18H27ClN2O3/c1-3-10-24-17-12-15(19)14(11-16(17)23-2)13-20-7-5-9-21-8-4-6-18(21)22/h11-12,20H,3-10,13H2,1-2H3. The number of carbonyl (C=O) groups is 1. The van der Waals surface area contributed by atoms with Crippen LogP contribution in [-0.2, 0) is 11.3 Å². The predicted molar refractivity (Wildman–Crippen MR) is 95.9 cm³/mol. The molecule has 1 aromatic carbocycles. The molecule has 0 aromatic heterocycles. The highest BCUT2D eigenvalue weighted by Gasteiger charge is 2.18. The van der Waals surface area contributed by atoms with Crippen LogP contribution in [0.2, 0.25) is 5.02 Å². The molecule has 1 aliphatic rings. The van der Waals surface area contributed by atoms with Crippen molar-refractivity contribution in [3.63, 3.8) is 0 Å². The number of nitrogens with zero attached hydrogens (tertiary/aromatic N) is 1. The lowest BCUT2D eigenvalue weighted by atomic mass is 10.2. The number of amides is 1. The quantitative estimate of drug-likeness (QED) is 0.655. The van der Waals surface area contributed by atoms with Crippen molar-refractivity contribution in [3.05, 3.63) is 22.7 Å². The van der Waals surface area contributed by atoms with Gasteiger partial charge in [0.1, 0.15) is 0 Å². The maximum absolute atomic E-state index is 11.5. The fourth-order valence-corrected chi connectivity index (χ4v) is 2.98. The molecule has 0 spiro atoms. The van der Waals surface area contributed by atoms with Gasteiger partial charge in [0.05, 0.1) is 13.7 Å². The summed E-state index contributed by atoms with van der Waals surface area (Å²) in [6.07, 6.45) is 3.57. The Kier molecular flexibility index (Phi) is 7.66. The summed E-state index contributed by atoms with van der Waals surface area (Å²) < 4.78 is 11.0. The second-order valence-electron chi connectivity index (χ2n) is 5.96. The second-order valence-corrected chi connectivity index (χ2v) is 6.36. The molecular formula is C18H27ClN2O3. The second kappa shape index (κ2) is 9.74. The Morgan fingerprint density at radius 3 is 2.83 bits per heavy atom. The molecule has 0 radical (unpaired) electrons. The van der Waals surface area contributed by atoms with Crippen LogP contribution < -0.4 is 14.8 Å². The molecule has 6 heteroatoms. The van der Waals surface area contributed by atoms with Gasteiger partial charge in [-0.25, -0.2) is 0 Å². The molecule has 1 fully saturated rings. The number of nitrogens with one attached hydrogen (secondary N) is 1. The third kappa shape index (κ3) is 5.28. The monoisotopic (exact) mass is 354 g/mol. The summed E-state index contributed by atoms with van der Waals surface area (Å²) >= 11 is 6.34. The first-order chi connectivity index (χ1) is 11.7. The lowest BCUT2D eigenvalue weighted by Gasteiger charge is -2.16. The molecule has 24 heavy (non-hydrogen) atoms. The largest absolute Gasteiger partial charge is 0.493 e. The number of ether oxygens (including phenoxy) is 2. The normalized spacial score (nSPS) is 14.3. The summed E-state index contributed by atoms with van der Waals surface area (Å²) in [5.74, 6) is 1.67. The molecule has 2 rings (SSSR count). The van der Waals surface area contributed by atoms with E-state index in [4.69, 9.17) is 21.1 Å². The molecule has 0 unspecified atom stereocenters. The van der Waals surface area contributed by atoms with Crippen LogP contribution in [0.15, 0.2) is 12.1 Å². The smallest absolute Gasteiger partial charge is 0.222 e. The zero-order valence-electron chi connectivity index (χ0n) is 14.6. The molecule has 0 saturated carbocycles. The van der Waals surface area contributed by atoms with Gasteiger partial charge in [-0.15, -0.1) is 0 Å². The minimum absolute atomic E-state index is 0.283. The Bertz CT molecular complexity index is 551. The average molecular weight is 355 g/mol. The van der Waals surface area contributed by atoms with Crippen molar-refractivity contribution >= 4 is 17.5 Å². The van der Waals surface area contributed by atoms with Gasteiger partial charge in [-0.2, -0.15) is 0 Å². The summed E-state index contributed by atoms with van der Waals surface area (Å²) in [4.78, 5) is 13.5. The number of carbonyl (C=O) groups excluding carboxylic acids is 1. The van der Waals surface area contributed by atoms with Crippen molar-refractivity contribution < 1.29 is 14.3 Å². The number of hydrogen-bond acceptors (Lipinski definition) is 4. The molecule has 134 valence electrons. The molecular weight excluding hydrogens is 328 g/mol. The molecule has 1 amide bonds. The third-order valence-electron chi connectivity index (χ3n) is 4.06. The summed E-state index contributed by atoms with van der Waals surface area (Å²) in [5, 5.41) is 4.05. The van der Waals surface area contributed by atoms with Crippen LogP contribution in [0.4, 0.5) is 0 Å². The zero-order valence-corrected chi connectivity index (χ0v) is 15.3. The Hall–Kier alpha value is -1.46. The van der Waals surface area contributed by atoms with Crippen LogP contribution in [0.3, 0.4) is 0 Å². The van der Waals surface area contributed by atoms with E-state index in [2.05, 4.69) is 12.2 Å². The fourth-order valence-electron chi connectivity index (χ4n) is 2.76. The van der Waals surface area contributed by atoms with E-state index < -0.39 is 0 Å². The zero-order chi connectivity index (χ0) is 17.4. The summed E-state index contributed by atoms with van der Waals surface area (Å²) in [5.41, 5.74) is 0.981.